The van der Waals surface area contributed by atoms with Crippen molar-refractivity contribution in [2.24, 2.45) is 0 Å². The number of benzene rings is 3. The Balaban J connectivity index is 1.36. The highest BCUT2D eigenvalue weighted by Crippen LogP contribution is 2.25. The number of aromatic amines is 1. The number of carbonyl (C=O) groups excluding carboxylic acids is 1. The fourth-order valence-electron chi connectivity index (χ4n) is 3.24. The van der Waals surface area contributed by atoms with Crippen LogP contribution in [0.1, 0.15) is 12.0 Å². The van der Waals surface area contributed by atoms with Gasteiger partial charge < -0.3 is 15.0 Å². The van der Waals surface area contributed by atoms with Gasteiger partial charge in [0.15, 0.2) is 0 Å². The van der Waals surface area contributed by atoms with Crippen LogP contribution in [0, 0.1) is 0 Å². The average Bonchev–Trinajstić information content (AvgIpc) is 3.17. The van der Waals surface area contributed by atoms with Gasteiger partial charge in [0.2, 0.25) is 5.91 Å². The summed E-state index contributed by atoms with van der Waals surface area (Å²) in [5, 5.41) is 4.15. The van der Waals surface area contributed by atoms with Gasteiger partial charge >= 0.3 is 0 Å². The summed E-state index contributed by atoms with van der Waals surface area (Å²) in [6, 6.07) is 26.1. The van der Waals surface area contributed by atoms with Gasteiger partial charge in [0.05, 0.1) is 7.11 Å². The van der Waals surface area contributed by atoms with E-state index in [4.69, 9.17) is 4.74 Å². The number of aromatic nitrogens is 1. The van der Waals surface area contributed by atoms with Crippen LogP contribution in [0.4, 0.5) is 5.69 Å². The number of ether oxygens (including phenoxy) is 1. The molecule has 1 heterocycles. The van der Waals surface area contributed by atoms with Crippen molar-refractivity contribution in [1.82, 2.24) is 4.98 Å². The quantitative estimate of drug-likeness (QED) is 0.476. The fourth-order valence-corrected chi connectivity index (χ4v) is 3.24. The largest absolute Gasteiger partial charge is 0.497 e. The highest BCUT2D eigenvalue weighted by Gasteiger charge is 2.06. The maximum atomic E-state index is 12.2. The van der Waals surface area contributed by atoms with E-state index in [1.807, 2.05) is 60.7 Å². The molecule has 4 heteroatoms. The van der Waals surface area contributed by atoms with Crippen molar-refractivity contribution in [3.05, 3.63) is 84.4 Å². The lowest BCUT2D eigenvalue weighted by Crippen LogP contribution is -2.12. The van der Waals surface area contributed by atoms with E-state index in [0.717, 1.165) is 33.8 Å². The van der Waals surface area contributed by atoms with Gasteiger partial charge in [-0.05, 0) is 53.9 Å². The topological polar surface area (TPSA) is 54.1 Å². The van der Waals surface area contributed by atoms with Crippen molar-refractivity contribution in [3.8, 4) is 17.0 Å². The van der Waals surface area contributed by atoms with Crippen LogP contribution in [0.3, 0.4) is 0 Å². The molecule has 2 N–H and O–H groups in total. The molecule has 0 fully saturated rings. The zero-order valence-electron chi connectivity index (χ0n) is 15.7. The van der Waals surface area contributed by atoms with Crippen LogP contribution in [0.15, 0.2) is 78.9 Å². The first-order valence-electron chi connectivity index (χ1n) is 9.32. The molecular weight excluding hydrogens is 348 g/mol. The summed E-state index contributed by atoms with van der Waals surface area (Å²) in [4.78, 5) is 15.7. The number of nitrogens with one attached hydrogen (secondary N) is 2. The summed E-state index contributed by atoms with van der Waals surface area (Å²) in [7, 11) is 1.64. The summed E-state index contributed by atoms with van der Waals surface area (Å²) in [5.41, 5.74) is 5.20. The molecule has 1 amide bonds. The minimum Gasteiger partial charge on any atom is -0.497 e. The van der Waals surface area contributed by atoms with E-state index in [1.54, 1.807) is 7.11 Å². The summed E-state index contributed by atoms with van der Waals surface area (Å²) >= 11 is 0. The molecule has 0 aliphatic heterocycles. The predicted octanol–water partition coefficient (Wildman–Crippen LogP) is 5.41. The second-order valence-corrected chi connectivity index (χ2v) is 6.74. The molecule has 0 unspecified atom stereocenters. The van der Waals surface area contributed by atoms with E-state index in [0.29, 0.717) is 12.8 Å². The number of carbonyl (C=O) groups is 1. The highest BCUT2D eigenvalue weighted by molar-refractivity contribution is 5.91. The van der Waals surface area contributed by atoms with Crippen molar-refractivity contribution >= 4 is 22.5 Å². The Morgan fingerprint density at radius 2 is 1.71 bits per heavy atom. The third kappa shape index (κ3) is 4.07. The number of rotatable bonds is 6. The van der Waals surface area contributed by atoms with Crippen LogP contribution in [0.5, 0.6) is 5.75 Å². The second-order valence-electron chi connectivity index (χ2n) is 6.74. The molecule has 1 aromatic heterocycles. The standard InChI is InChI=1S/C24H22N2O2/c1-28-21-13-6-17(7-14-21)8-15-24(27)25-20-11-9-18(10-12-20)23-16-19-4-2-3-5-22(19)26-23/h2-7,9-14,16,26H,8,15H2,1H3,(H,25,27). The zero-order chi connectivity index (χ0) is 19.3. The third-order valence-electron chi connectivity index (χ3n) is 4.81. The molecule has 4 aromatic rings. The van der Waals surface area contributed by atoms with E-state index >= 15 is 0 Å². The smallest absolute Gasteiger partial charge is 0.224 e. The Bertz CT molecular complexity index is 1050. The molecule has 28 heavy (non-hydrogen) atoms. The Kier molecular flexibility index (Phi) is 5.11. The summed E-state index contributed by atoms with van der Waals surface area (Å²) in [6.45, 7) is 0. The average molecular weight is 370 g/mol. The Hall–Kier alpha value is -3.53. The lowest BCUT2D eigenvalue weighted by atomic mass is 10.1. The zero-order valence-corrected chi connectivity index (χ0v) is 15.7. The number of aryl methyl sites for hydroxylation is 1. The number of hydrogen-bond donors (Lipinski definition) is 2. The molecule has 0 saturated carbocycles. The van der Waals surface area contributed by atoms with Crippen molar-refractivity contribution in [2.75, 3.05) is 12.4 Å². The van der Waals surface area contributed by atoms with E-state index < -0.39 is 0 Å². The van der Waals surface area contributed by atoms with Gasteiger partial charge in [0.1, 0.15) is 5.75 Å². The van der Waals surface area contributed by atoms with Crippen molar-refractivity contribution in [2.45, 2.75) is 12.8 Å². The lowest BCUT2D eigenvalue weighted by molar-refractivity contribution is -0.116. The van der Waals surface area contributed by atoms with Crippen molar-refractivity contribution < 1.29 is 9.53 Å². The van der Waals surface area contributed by atoms with Crippen molar-refractivity contribution in [1.29, 1.82) is 0 Å². The number of fused-ring (bicyclic) bond motifs is 1. The maximum Gasteiger partial charge on any atom is 0.224 e. The predicted molar refractivity (Wildman–Crippen MR) is 114 cm³/mol. The van der Waals surface area contributed by atoms with Gasteiger partial charge in [-0.3, -0.25) is 4.79 Å². The normalized spacial score (nSPS) is 10.8. The van der Waals surface area contributed by atoms with Gasteiger partial charge in [0, 0.05) is 28.7 Å². The van der Waals surface area contributed by atoms with Gasteiger partial charge in [0.25, 0.3) is 0 Å². The first-order valence-corrected chi connectivity index (χ1v) is 9.32. The maximum absolute atomic E-state index is 12.2. The van der Waals surface area contributed by atoms with Gasteiger partial charge in [-0.1, -0.05) is 42.5 Å². The molecule has 0 spiro atoms. The number of para-hydroxylation sites is 1. The monoisotopic (exact) mass is 370 g/mol. The molecule has 0 bridgehead atoms. The summed E-state index contributed by atoms with van der Waals surface area (Å²) in [6.07, 6.45) is 1.14. The molecule has 4 nitrogen and oxygen atoms in total. The lowest BCUT2D eigenvalue weighted by Gasteiger charge is -2.07. The molecule has 0 aliphatic carbocycles. The minimum absolute atomic E-state index is 0.00850. The Morgan fingerprint density at radius 3 is 2.43 bits per heavy atom. The molecule has 4 rings (SSSR count). The van der Waals surface area contributed by atoms with Crippen LogP contribution in [0.2, 0.25) is 0 Å². The second kappa shape index (κ2) is 8.01. The van der Waals surface area contributed by atoms with E-state index in [9.17, 15) is 4.79 Å². The first kappa shape index (κ1) is 17.9. The Morgan fingerprint density at radius 1 is 0.964 bits per heavy atom. The molecule has 0 radical (unpaired) electrons. The molecule has 0 aliphatic rings. The SMILES string of the molecule is COc1ccc(CCC(=O)Nc2ccc(-c3cc4ccccc4[nH]3)cc2)cc1. The van der Waals surface area contributed by atoms with Crippen LogP contribution in [0.25, 0.3) is 22.2 Å². The Labute approximate surface area is 164 Å². The molecule has 0 saturated heterocycles. The molecule has 140 valence electrons. The number of H-pyrrole nitrogens is 1. The van der Waals surface area contributed by atoms with Crippen LogP contribution >= 0.6 is 0 Å². The number of hydrogen-bond acceptors (Lipinski definition) is 2. The highest BCUT2D eigenvalue weighted by atomic mass is 16.5. The van der Waals surface area contributed by atoms with E-state index in [2.05, 4.69) is 28.5 Å². The number of anilines is 1. The third-order valence-corrected chi connectivity index (χ3v) is 4.81. The molecular formula is C24H22N2O2. The van der Waals surface area contributed by atoms with E-state index in [-0.39, 0.29) is 5.91 Å². The minimum atomic E-state index is 0.00850. The van der Waals surface area contributed by atoms with Crippen LogP contribution in [-0.4, -0.2) is 18.0 Å². The number of amides is 1. The summed E-state index contributed by atoms with van der Waals surface area (Å²) < 4.78 is 5.15. The van der Waals surface area contributed by atoms with E-state index in [1.165, 1.54) is 5.39 Å². The number of methoxy groups -OCH3 is 1. The van der Waals surface area contributed by atoms with Crippen LogP contribution in [-0.2, 0) is 11.2 Å². The molecule has 0 atom stereocenters. The van der Waals surface area contributed by atoms with Crippen LogP contribution < -0.4 is 10.1 Å². The van der Waals surface area contributed by atoms with Gasteiger partial charge in [-0.25, -0.2) is 0 Å². The molecule has 3 aromatic carbocycles. The fraction of sp³-hybridized carbons (Fsp3) is 0.125. The summed E-state index contributed by atoms with van der Waals surface area (Å²) in [5.74, 6) is 0.831. The van der Waals surface area contributed by atoms with Gasteiger partial charge in [-0.15, -0.1) is 0 Å². The first-order chi connectivity index (χ1) is 13.7. The van der Waals surface area contributed by atoms with Gasteiger partial charge in [-0.2, -0.15) is 0 Å². The van der Waals surface area contributed by atoms with Crippen molar-refractivity contribution in [3.63, 3.8) is 0 Å².